The van der Waals surface area contributed by atoms with Gasteiger partial charge in [0.15, 0.2) is 5.82 Å². The Balaban J connectivity index is 1.72. The standard InChI is InChI=1S/C20H18FN3O/c1-13-3-7-16(8-4-13)19-22-12-18(14(2)24-19)20(25)23-11-15-5-9-17(21)10-6-15/h3-10,12H,11H2,1-2H3,(H,23,25). The predicted octanol–water partition coefficient (Wildman–Crippen LogP) is 3.83. The molecule has 0 saturated heterocycles. The van der Waals surface area contributed by atoms with Crippen LogP contribution in [0.15, 0.2) is 54.7 Å². The lowest BCUT2D eigenvalue weighted by molar-refractivity contribution is 0.0949. The quantitative estimate of drug-likeness (QED) is 0.788. The number of nitrogens with one attached hydrogen (secondary N) is 1. The second kappa shape index (κ2) is 7.21. The monoisotopic (exact) mass is 335 g/mol. The number of carbonyl (C=O) groups is 1. The fraction of sp³-hybridized carbons (Fsp3) is 0.150. The Labute approximate surface area is 145 Å². The molecule has 25 heavy (non-hydrogen) atoms. The molecule has 4 nitrogen and oxygen atoms in total. The number of halogens is 1. The van der Waals surface area contributed by atoms with Crippen LogP contribution in [0.2, 0.25) is 0 Å². The van der Waals surface area contributed by atoms with E-state index in [0.29, 0.717) is 23.6 Å². The van der Waals surface area contributed by atoms with E-state index in [-0.39, 0.29) is 11.7 Å². The SMILES string of the molecule is Cc1ccc(-c2ncc(C(=O)NCc3ccc(F)cc3)c(C)n2)cc1. The molecule has 0 saturated carbocycles. The number of carbonyl (C=O) groups excluding carboxylic acids is 1. The summed E-state index contributed by atoms with van der Waals surface area (Å²) >= 11 is 0. The van der Waals surface area contributed by atoms with Gasteiger partial charge in [-0.25, -0.2) is 14.4 Å². The first kappa shape index (κ1) is 16.8. The van der Waals surface area contributed by atoms with E-state index >= 15 is 0 Å². The lowest BCUT2D eigenvalue weighted by Crippen LogP contribution is -2.24. The van der Waals surface area contributed by atoms with Crippen LogP contribution in [0.25, 0.3) is 11.4 Å². The van der Waals surface area contributed by atoms with Crippen molar-refractivity contribution in [1.29, 1.82) is 0 Å². The molecule has 0 aliphatic carbocycles. The molecule has 0 unspecified atom stereocenters. The van der Waals surface area contributed by atoms with Gasteiger partial charge in [-0.2, -0.15) is 0 Å². The first-order valence-corrected chi connectivity index (χ1v) is 7.96. The van der Waals surface area contributed by atoms with Gasteiger partial charge in [-0.15, -0.1) is 0 Å². The van der Waals surface area contributed by atoms with Crippen LogP contribution < -0.4 is 5.32 Å². The van der Waals surface area contributed by atoms with E-state index < -0.39 is 0 Å². The van der Waals surface area contributed by atoms with E-state index in [9.17, 15) is 9.18 Å². The van der Waals surface area contributed by atoms with E-state index in [2.05, 4.69) is 15.3 Å². The first-order chi connectivity index (χ1) is 12.0. The summed E-state index contributed by atoms with van der Waals surface area (Å²) in [5, 5.41) is 2.80. The highest BCUT2D eigenvalue weighted by atomic mass is 19.1. The van der Waals surface area contributed by atoms with Crippen molar-refractivity contribution in [1.82, 2.24) is 15.3 Å². The topological polar surface area (TPSA) is 54.9 Å². The van der Waals surface area contributed by atoms with Crippen molar-refractivity contribution in [3.05, 3.63) is 82.9 Å². The highest BCUT2D eigenvalue weighted by Gasteiger charge is 2.12. The predicted molar refractivity (Wildman–Crippen MR) is 94.5 cm³/mol. The first-order valence-electron chi connectivity index (χ1n) is 7.96. The van der Waals surface area contributed by atoms with Crippen LogP contribution in [-0.4, -0.2) is 15.9 Å². The molecular formula is C20H18FN3O. The Morgan fingerprint density at radius 2 is 1.72 bits per heavy atom. The Hall–Kier alpha value is -3.08. The average molecular weight is 335 g/mol. The zero-order chi connectivity index (χ0) is 17.8. The Bertz CT molecular complexity index is 890. The van der Waals surface area contributed by atoms with Crippen molar-refractivity contribution in [2.45, 2.75) is 20.4 Å². The van der Waals surface area contributed by atoms with Crippen LogP contribution in [0.4, 0.5) is 4.39 Å². The van der Waals surface area contributed by atoms with E-state index in [4.69, 9.17) is 0 Å². The van der Waals surface area contributed by atoms with Crippen LogP contribution in [0, 0.1) is 19.7 Å². The van der Waals surface area contributed by atoms with Gasteiger partial charge in [0.2, 0.25) is 0 Å². The number of aryl methyl sites for hydroxylation is 2. The zero-order valence-electron chi connectivity index (χ0n) is 14.1. The van der Waals surface area contributed by atoms with Crippen molar-refractivity contribution >= 4 is 5.91 Å². The smallest absolute Gasteiger partial charge is 0.254 e. The number of aromatic nitrogens is 2. The van der Waals surface area contributed by atoms with Crippen LogP contribution in [0.3, 0.4) is 0 Å². The Kier molecular flexibility index (Phi) is 4.84. The number of rotatable bonds is 4. The second-order valence-corrected chi connectivity index (χ2v) is 5.87. The van der Waals surface area contributed by atoms with Gasteiger partial charge in [0.25, 0.3) is 5.91 Å². The van der Waals surface area contributed by atoms with E-state index in [0.717, 1.165) is 16.7 Å². The molecule has 1 heterocycles. The molecule has 0 spiro atoms. The molecule has 5 heteroatoms. The number of amides is 1. The Morgan fingerprint density at radius 3 is 2.36 bits per heavy atom. The summed E-state index contributed by atoms with van der Waals surface area (Å²) < 4.78 is 12.9. The summed E-state index contributed by atoms with van der Waals surface area (Å²) in [6.07, 6.45) is 1.54. The molecule has 1 amide bonds. The van der Waals surface area contributed by atoms with Crippen molar-refractivity contribution in [3.63, 3.8) is 0 Å². The summed E-state index contributed by atoms with van der Waals surface area (Å²) in [7, 11) is 0. The van der Waals surface area contributed by atoms with Gasteiger partial charge < -0.3 is 5.32 Å². The zero-order valence-corrected chi connectivity index (χ0v) is 14.1. The van der Waals surface area contributed by atoms with Gasteiger partial charge in [0, 0.05) is 18.3 Å². The number of nitrogens with zero attached hydrogens (tertiary/aromatic N) is 2. The van der Waals surface area contributed by atoms with Crippen molar-refractivity contribution in [2.75, 3.05) is 0 Å². The normalized spacial score (nSPS) is 10.5. The lowest BCUT2D eigenvalue weighted by atomic mass is 10.1. The summed E-state index contributed by atoms with van der Waals surface area (Å²) in [6.45, 7) is 4.12. The number of hydrogen-bond donors (Lipinski definition) is 1. The molecule has 0 aliphatic heterocycles. The molecule has 1 N–H and O–H groups in total. The molecule has 0 atom stereocenters. The third kappa shape index (κ3) is 4.07. The van der Waals surface area contributed by atoms with Gasteiger partial charge in [0.05, 0.1) is 11.3 Å². The van der Waals surface area contributed by atoms with Crippen LogP contribution in [0.5, 0.6) is 0 Å². The molecule has 0 bridgehead atoms. The van der Waals surface area contributed by atoms with Gasteiger partial charge in [-0.1, -0.05) is 42.0 Å². The third-order valence-corrected chi connectivity index (χ3v) is 3.90. The second-order valence-electron chi connectivity index (χ2n) is 5.87. The number of benzene rings is 2. The van der Waals surface area contributed by atoms with E-state index in [1.54, 1.807) is 19.1 Å². The molecule has 3 aromatic rings. The van der Waals surface area contributed by atoms with Gasteiger partial charge in [-0.05, 0) is 31.5 Å². The fourth-order valence-electron chi connectivity index (χ4n) is 2.41. The maximum atomic E-state index is 12.9. The minimum absolute atomic E-state index is 0.253. The van der Waals surface area contributed by atoms with E-state index in [1.165, 1.54) is 18.3 Å². The summed E-state index contributed by atoms with van der Waals surface area (Å²) in [6, 6.07) is 13.9. The molecule has 126 valence electrons. The average Bonchev–Trinajstić information content (AvgIpc) is 2.61. The molecule has 0 fully saturated rings. The highest BCUT2D eigenvalue weighted by molar-refractivity contribution is 5.95. The number of hydrogen-bond acceptors (Lipinski definition) is 3. The third-order valence-electron chi connectivity index (χ3n) is 3.90. The minimum atomic E-state index is -0.300. The largest absolute Gasteiger partial charge is 0.348 e. The van der Waals surface area contributed by atoms with Crippen molar-refractivity contribution < 1.29 is 9.18 Å². The summed E-state index contributed by atoms with van der Waals surface area (Å²) in [5.41, 5.74) is 3.94. The van der Waals surface area contributed by atoms with E-state index in [1.807, 2.05) is 31.2 Å². The summed E-state index contributed by atoms with van der Waals surface area (Å²) in [5.74, 6) is 0.0379. The molecule has 2 aromatic carbocycles. The molecule has 0 radical (unpaired) electrons. The van der Waals surface area contributed by atoms with Crippen LogP contribution in [-0.2, 0) is 6.54 Å². The molecular weight excluding hydrogens is 317 g/mol. The van der Waals surface area contributed by atoms with Gasteiger partial charge in [-0.3, -0.25) is 4.79 Å². The van der Waals surface area contributed by atoms with Crippen molar-refractivity contribution in [3.8, 4) is 11.4 Å². The maximum Gasteiger partial charge on any atom is 0.254 e. The minimum Gasteiger partial charge on any atom is -0.348 e. The lowest BCUT2D eigenvalue weighted by Gasteiger charge is -2.09. The van der Waals surface area contributed by atoms with Gasteiger partial charge in [0.1, 0.15) is 5.82 Å². The molecule has 3 rings (SSSR count). The maximum absolute atomic E-state index is 12.9. The van der Waals surface area contributed by atoms with Crippen molar-refractivity contribution in [2.24, 2.45) is 0 Å². The Morgan fingerprint density at radius 1 is 1.04 bits per heavy atom. The summed E-state index contributed by atoms with van der Waals surface area (Å²) in [4.78, 5) is 21.1. The van der Waals surface area contributed by atoms with Gasteiger partial charge >= 0.3 is 0 Å². The highest BCUT2D eigenvalue weighted by Crippen LogP contribution is 2.17. The van der Waals surface area contributed by atoms with Crippen LogP contribution >= 0.6 is 0 Å². The molecule has 1 aromatic heterocycles. The van der Waals surface area contributed by atoms with Crippen LogP contribution in [0.1, 0.15) is 27.2 Å². The fourth-order valence-corrected chi connectivity index (χ4v) is 2.41. The molecule has 0 aliphatic rings.